The van der Waals surface area contributed by atoms with Gasteiger partial charge in [0.25, 0.3) is 5.91 Å². The van der Waals surface area contributed by atoms with Gasteiger partial charge in [-0.2, -0.15) is 0 Å². The number of fused-ring (bicyclic) bond motifs is 1. The molecule has 28 heavy (non-hydrogen) atoms. The Morgan fingerprint density at radius 2 is 2.00 bits per heavy atom. The van der Waals surface area contributed by atoms with Crippen molar-refractivity contribution in [2.24, 2.45) is 0 Å². The van der Waals surface area contributed by atoms with E-state index in [2.05, 4.69) is 10.6 Å². The number of carbonyl (C=O) groups is 2. The van der Waals surface area contributed by atoms with Crippen LogP contribution in [0.2, 0.25) is 0 Å². The van der Waals surface area contributed by atoms with Crippen molar-refractivity contribution in [1.29, 1.82) is 0 Å². The lowest BCUT2D eigenvalue weighted by Gasteiger charge is -2.14. The number of para-hydroxylation sites is 1. The molecule has 148 valence electrons. The minimum Gasteiger partial charge on any atom is -0.492 e. The van der Waals surface area contributed by atoms with Gasteiger partial charge in [0.15, 0.2) is 6.61 Å². The highest BCUT2D eigenvalue weighted by atomic mass is 16.5. The first-order valence-electron chi connectivity index (χ1n) is 9.22. The van der Waals surface area contributed by atoms with Gasteiger partial charge >= 0.3 is 5.97 Å². The highest BCUT2D eigenvalue weighted by Gasteiger charge is 2.23. The minimum absolute atomic E-state index is 0.0867. The number of ether oxygens (including phenoxy) is 3. The van der Waals surface area contributed by atoms with Crippen LogP contribution in [0.3, 0.4) is 0 Å². The first-order valence-corrected chi connectivity index (χ1v) is 9.22. The fourth-order valence-electron chi connectivity index (χ4n) is 3.09. The van der Waals surface area contributed by atoms with E-state index in [4.69, 9.17) is 14.2 Å². The molecule has 1 atom stereocenters. The van der Waals surface area contributed by atoms with E-state index < -0.39 is 18.5 Å². The molecular weight excluding hydrogens is 360 g/mol. The molecule has 2 aromatic carbocycles. The molecule has 0 unspecified atom stereocenters. The lowest BCUT2D eigenvalue weighted by atomic mass is 10.1. The lowest BCUT2D eigenvalue weighted by molar-refractivity contribution is -0.119. The van der Waals surface area contributed by atoms with Crippen molar-refractivity contribution in [2.45, 2.75) is 26.4 Å². The normalized spacial score (nSPS) is 14.6. The highest BCUT2D eigenvalue weighted by molar-refractivity contribution is 5.99. The summed E-state index contributed by atoms with van der Waals surface area (Å²) >= 11 is 0. The number of hydrogen-bond donors (Lipinski definition) is 2. The van der Waals surface area contributed by atoms with Crippen LogP contribution in [-0.4, -0.2) is 38.2 Å². The third kappa shape index (κ3) is 4.36. The molecule has 7 heteroatoms. The van der Waals surface area contributed by atoms with Crippen LogP contribution in [0.1, 0.15) is 29.8 Å². The molecule has 1 amide bonds. The molecular formula is C21H24N2O5. The molecule has 1 aliphatic heterocycles. The Hall–Kier alpha value is -3.22. The number of benzene rings is 2. The maximum atomic E-state index is 12.3. The summed E-state index contributed by atoms with van der Waals surface area (Å²) in [6, 6.07) is 10.6. The van der Waals surface area contributed by atoms with E-state index in [0.29, 0.717) is 29.3 Å². The maximum Gasteiger partial charge on any atom is 0.340 e. The summed E-state index contributed by atoms with van der Waals surface area (Å²) in [6.07, 6.45) is 0.884. The van der Waals surface area contributed by atoms with Gasteiger partial charge in [-0.1, -0.05) is 12.1 Å². The summed E-state index contributed by atoms with van der Waals surface area (Å²) < 4.78 is 16.5. The molecule has 0 radical (unpaired) electrons. The number of carbonyl (C=O) groups excluding carboxylic acids is 2. The standard InChI is InChI=1S/C21H24N2O5/c1-4-26-19-10-14-9-13(2)28-18(14)11-17(19)23-20(24)12-27-21(25)15-7-5-6-8-16(15)22-3/h5-8,10-11,13,22H,4,9,12H2,1-3H3,(H,23,24)/t13-/m1/s1. The van der Waals surface area contributed by atoms with Gasteiger partial charge in [0.05, 0.1) is 17.9 Å². The molecule has 0 aromatic heterocycles. The molecule has 0 aliphatic carbocycles. The van der Waals surface area contributed by atoms with Crippen LogP contribution in [0, 0.1) is 0 Å². The summed E-state index contributed by atoms with van der Waals surface area (Å²) in [5, 5.41) is 5.66. The van der Waals surface area contributed by atoms with E-state index in [0.717, 1.165) is 17.7 Å². The Morgan fingerprint density at radius 3 is 2.75 bits per heavy atom. The first kappa shape index (κ1) is 19.5. The predicted octanol–water partition coefficient (Wildman–Crippen LogP) is 3.25. The van der Waals surface area contributed by atoms with Crippen molar-refractivity contribution in [2.75, 3.05) is 30.9 Å². The number of amides is 1. The maximum absolute atomic E-state index is 12.3. The van der Waals surface area contributed by atoms with Crippen LogP contribution >= 0.6 is 0 Å². The fraction of sp³-hybridized carbons (Fsp3) is 0.333. The summed E-state index contributed by atoms with van der Waals surface area (Å²) in [5.41, 5.74) is 2.54. The molecule has 0 fully saturated rings. The average molecular weight is 384 g/mol. The van der Waals surface area contributed by atoms with E-state index in [1.165, 1.54) is 0 Å². The highest BCUT2D eigenvalue weighted by Crippen LogP contribution is 2.38. The van der Waals surface area contributed by atoms with Crippen molar-refractivity contribution in [1.82, 2.24) is 0 Å². The summed E-state index contributed by atoms with van der Waals surface area (Å²) in [4.78, 5) is 24.6. The Labute approximate surface area is 164 Å². The average Bonchev–Trinajstić information content (AvgIpc) is 3.05. The smallest absolute Gasteiger partial charge is 0.340 e. The van der Waals surface area contributed by atoms with Gasteiger partial charge in [-0.05, 0) is 32.0 Å². The third-order valence-corrected chi connectivity index (χ3v) is 4.32. The SMILES string of the molecule is CCOc1cc2c(cc1NC(=O)COC(=O)c1ccccc1NC)O[C@H](C)C2. The van der Waals surface area contributed by atoms with Crippen LogP contribution in [0.15, 0.2) is 36.4 Å². The third-order valence-electron chi connectivity index (χ3n) is 4.32. The summed E-state index contributed by atoms with van der Waals surface area (Å²) in [5.74, 6) is 0.267. The van der Waals surface area contributed by atoms with Gasteiger partial charge in [-0.15, -0.1) is 0 Å². The van der Waals surface area contributed by atoms with Crippen LogP contribution in [0.4, 0.5) is 11.4 Å². The largest absolute Gasteiger partial charge is 0.492 e. The van der Waals surface area contributed by atoms with E-state index in [-0.39, 0.29) is 6.10 Å². The molecule has 0 bridgehead atoms. The quantitative estimate of drug-likeness (QED) is 0.713. The van der Waals surface area contributed by atoms with Crippen LogP contribution in [0.25, 0.3) is 0 Å². The Bertz CT molecular complexity index is 881. The Balaban J connectivity index is 1.66. The van der Waals surface area contributed by atoms with Crippen molar-refractivity contribution in [3.63, 3.8) is 0 Å². The molecule has 1 aliphatic rings. The first-order chi connectivity index (χ1) is 13.5. The Morgan fingerprint density at radius 1 is 1.21 bits per heavy atom. The van der Waals surface area contributed by atoms with Gasteiger partial charge in [0, 0.05) is 30.8 Å². The van der Waals surface area contributed by atoms with E-state index in [9.17, 15) is 9.59 Å². The molecule has 2 aromatic rings. The molecule has 0 saturated heterocycles. The number of hydrogen-bond acceptors (Lipinski definition) is 6. The van der Waals surface area contributed by atoms with E-state index in [1.54, 1.807) is 37.4 Å². The molecule has 3 rings (SSSR count). The second kappa shape index (κ2) is 8.65. The number of anilines is 2. The monoisotopic (exact) mass is 384 g/mol. The number of nitrogens with one attached hydrogen (secondary N) is 2. The van der Waals surface area contributed by atoms with Crippen LogP contribution < -0.4 is 20.1 Å². The lowest BCUT2D eigenvalue weighted by Crippen LogP contribution is -2.21. The second-order valence-electron chi connectivity index (χ2n) is 6.44. The van der Waals surface area contributed by atoms with E-state index in [1.807, 2.05) is 19.9 Å². The van der Waals surface area contributed by atoms with Gasteiger partial charge in [0.2, 0.25) is 0 Å². The zero-order valence-corrected chi connectivity index (χ0v) is 16.2. The van der Waals surface area contributed by atoms with Crippen LogP contribution in [-0.2, 0) is 16.0 Å². The number of rotatable bonds is 7. The Kier molecular flexibility index (Phi) is 6.03. The molecule has 0 spiro atoms. The van der Waals surface area contributed by atoms with Crippen molar-refractivity contribution >= 4 is 23.3 Å². The molecule has 7 nitrogen and oxygen atoms in total. The van der Waals surface area contributed by atoms with Crippen LogP contribution in [0.5, 0.6) is 11.5 Å². The molecule has 0 saturated carbocycles. The zero-order chi connectivity index (χ0) is 20.1. The fourth-order valence-corrected chi connectivity index (χ4v) is 3.09. The van der Waals surface area contributed by atoms with Gasteiger partial charge in [-0.25, -0.2) is 4.79 Å². The minimum atomic E-state index is -0.573. The van der Waals surface area contributed by atoms with E-state index >= 15 is 0 Å². The van der Waals surface area contributed by atoms with Crippen molar-refractivity contribution < 1.29 is 23.8 Å². The summed E-state index contributed by atoms with van der Waals surface area (Å²) in [6.45, 7) is 3.92. The second-order valence-corrected chi connectivity index (χ2v) is 6.44. The van der Waals surface area contributed by atoms with Crippen molar-refractivity contribution in [3.05, 3.63) is 47.5 Å². The molecule has 2 N–H and O–H groups in total. The summed E-state index contributed by atoms with van der Waals surface area (Å²) in [7, 11) is 1.71. The molecule has 1 heterocycles. The zero-order valence-electron chi connectivity index (χ0n) is 16.2. The topological polar surface area (TPSA) is 85.9 Å². The predicted molar refractivity (Wildman–Crippen MR) is 106 cm³/mol. The van der Waals surface area contributed by atoms with Gasteiger partial charge in [-0.3, -0.25) is 4.79 Å². The number of esters is 1. The van der Waals surface area contributed by atoms with Gasteiger partial charge in [0.1, 0.15) is 17.6 Å². The van der Waals surface area contributed by atoms with Gasteiger partial charge < -0.3 is 24.8 Å². The van der Waals surface area contributed by atoms with Crippen molar-refractivity contribution in [3.8, 4) is 11.5 Å².